The minimum atomic E-state index is 0.596. The number of thiazole rings is 1. The van der Waals surface area contributed by atoms with Crippen molar-refractivity contribution < 1.29 is 0 Å². The van der Waals surface area contributed by atoms with Gasteiger partial charge in [-0.2, -0.15) is 0 Å². The van der Waals surface area contributed by atoms with Gasteiger partial charge in [-0.05, 0) is 33.2 Å². The Bertz CT molecular complexity index is 464. The number of rotatable bonds is 6. The molecule has 0 aliphatic heterocycles. The van der Waals surface area contributed by atoms with Crippen LogP contribution in [0.1, 0.15) is 24.8 Å². The van der Waals surface area contributed by atoms with E-state index in [-0.39, 0.29) is 0 Å². The molecule has 96 valence electrons. The average molecular weight is 260 g/mol. The molecule has 1 unspecified atom stereocenters. The van der Waals surface area contributed by atoms with E-state index in [2.05, 4.69) is 41.9 Å². The lowest BCUT2D eigenvalue weighted by molar-refractivity contribution is 0.541. The summed E-state index contributed by atoms with van der Waals surface area (Å²) in [7, 11) is 2.02. The highest BCUT2D eigenvalue weighted by Crippen LogP contribution is 2.22. The standard InChI is InChI=1S/C15H20N2S/c1-12(16-2)7-6-10-15-17-14(11-18-15)13-8-4-3-5-9-13/h3-5,8-9,11-12,16H,6-7,10H2,1-2H3. The molecule has 1 aromatic heterocycles. The maximum absolute atomic E-state index is 4.70. The second kappa shape index (κ2) is 6.66. The lowest BCUT2D eigenvalue weighted by Crippen LogP contribution is -2.20. The van der Waals surface area contributed by atoms with Gasteiger partial charge < -0.3 is 5.32 Å². The smallest absolute Gasteiger partial charge is 0.0932 e. The summed E-state index contributed by atoms with van der Waals surface area (Å²) >= 11 is 1.77. The van der Waals surface area contributed by atoms with Gasteiger partial charge in [-0.25, -0.2) is 4.98 Å². The summed E-state index contributed by atoms with van der Waals surface area (Å²) in [6, 6.07) is 11.0. The van der Waals surface area contributed by atoms with Crippen molar-refractivity contribution in [3.63, 3.8) is 0 Å². The van der Waals surface area contributed by atoms with E-state index in [1.165, 1.54) is 23.4 Å². The van der Waals surface area contributed by atoms with Gasteiger partial charge in [-0.15, -0.1) is 11.3 Å². The number of nitrogens with zero attached hydrogens (tertiary/aromatic N) is 1. The third kappa shape index (κ3) is 3.65. The minimum absolute atomic E-state index is 0.596. The summed E-state index contributed by atoms with van der Waals surface area (Å²) in [5.41, 5.74) is 2.32. The maximum atomic E-state index is 4.70. The second-order valence-corrected chi connectivity index (χ2v) is 5.52. The van der Waals surface area contributed by atoms with E-state index < -0.39 is 0 Å². The van der Waals surface area contributed by atoms with Gasteiger partial charge in [-0.1, -0.05) is 30.3 Å². The molecule has 2 nitrogen and oxygen atoms in total. The molecule has 2 aromatic rings. The fourth-order valence-electron chi connectivity index (χ4n) is 1.87. The lowest BCUT2D eigenvalue weighted by Gasteiger charge is -2.07. The monoisotopic (exact) mass is 260 g/mol. The van der Waals surface area contributed by atoms with Crippen LogP contribution in [0.3, 0.4) is 0 Å². The number of aromatic nitrogens is 1. The number of aryl methyl sites for hydroxylation is 1. The Kier molecular flexibility index (Phi) is 4.90. The van der Waals surface area contributed by atoms with Crippen LogP contribution >= 0.6 is 11.3 Å². The van der Waals surface area contributed by atoms with Crippen LogP contribution in [0.2, 0.25) is 0 Å². The zero-order valence-electron chi connectivity index (χ0n) is 11.0. The largest absolute Gasteiger partial charge is 0.317 e. The molecule has 1 heterocycles. The molecular weight excluding hydrogens is 240 g/mol. The van der Waals surface area contributed by atoms with Crippen LogP contribution in [0.4, 0.5) is 0 Å². The minimum Gasteiger partial charge on any atom is -0.317 e. The summed E-state index contributed by atoms with van der Waals surface area (Å²) in [6.45, 7) is 2.22. The molecule has 3 heteroatoms. The molecule has 0 aliphatic rings. The molecule has 0 amide bonds. The van der Waals surface area contributed by atoms with Crippen LogP contribution in [0.25, 0.3) is 11.3 Å². The first-order valence-corrected chi connectivity index (χ1v) is 7.34. The van der Waals surface area contributed by atoms with Crippen molar-refractivity contribution in [3.8, 4) is 11.3 Å². The van der Waals surface area contributed by atoms with E-state index in [1.807, 2.05) is 13.1 Å². The van der Waals surface area contributed by atoms with Crippen LogP contribution in [-0.4, -0.2) is 18.1 Å². The topological polar surface area (TPSA) is 24.9 Å². The van der Waals surface area contributed by atoms with E-state index in [4.69, 9.17) is 4.98 Å². The predicted molar refractivity (Wildman–Crippen MR) is 79.0 cm³/mol. The highest BCUT2D eigenvalue weighted by Gasteiger charge is 2.05. The van der Waals surface area contributed by atoms with Crippen molar-refractivity contribution >= 4 is 11.3 Å². The fourth-order valence-corrected chi connectivity index (χ4v) is 2.72. The summed E-state index contributed by atoms with van der Waals surface area (Å²) in [5.74, 6) is 0. The summed E-state index contributed by atoms with van der Waals surface area (Å²) in [4.78, 5) is 4.70. The van der Waals surface area contributed by atoms with E-state index in [0.717, 1.165) is 12.1 Å². The molecule has 0 saturated heterocycles. The number of benzene rings is 1. The van der Waals surface area contributed by atoms with Crippen molar-refractivity contribution in [3.05, 3.63) is 40.7 Å². The van der Waals surface area contributed by atoms with E-state index in [9.17, 15) is 0 Å². The highest BCUT2D eigenvalue weighted by atomic mass is 32.1. The summed E-state index contributed by atoms with van der Waals surface area (Å²) in [6.07, 6.45) is 3.49. The fraction of sp³-hybridized carbons (Fsp3) is 0.400. The van der Waals surface area contributed by atoms with Crippen LogP contribution in [0.5, 0.6) is 0 Å². The molecular formula is C15H20N2S. The normalized spacial score (nSPS) is 12.6. The van der Waals surface area contributed by atoms with Gasteiger partial charge in [0.25, 0.3) is 0 Å². The molecule has 0 saturated carbocycles. The van der Waals surface area contributed by atoms with E-state index in [0.29, 0.717) is 6.04 Å². The quantitative estimate of drug-likeness (QED) is 0.856. The zero-order valence-corrected chi connectivity index (χ0v) is 11.8. The van der Waals surface area contributed by atoms with Crippen molar-refractivity contribution in [2.24, 2.45) is 0 Å². The van der Waals surface area contributed by atoms with Crippen LogP contribution < -0.4 is 5.32 Å². The Balaban J connectivity index is 1.91. The van der Waals surface area contributed by atoms with Gasteiger partial charge in [0.1, 0.15) is 0 Å². The van der Waals surface area contributed by atoms with Crippen LogP contribution in [0.15, 0.2) is 35.7 Å². The molecule has 0 aliphatic carbocycles. The second-order valence-electron chi connectivity index (χ2n) is 4.57. The molecule has 18 heavy (non-hydrogen) atoms. The first kappa shape index (κ1) is 13.2. The Morgan fingerprint density at radius 3 is 2.78 bits per heavy atom. The third-order valence-corrected chi connectivity index (χ3v) is 4.05. The molecule has 0 radical (unpaired) electrons. The number of hydrogen-bond donors (Lipinski definition) is 1. The van der Waals surface area contributed by atoms with Crippen molar-refractivity contribution in [2.75, 3.05) is 7.05 Å². The van der Waals surface area contributed by atoms with Gasteiger partial charge in [0.15, 0.2) is 0 Å². The molecule has 1 N–H and O–H groups in total. The molecule has 2 rings (SSSR count). The van der Waals surface area contributed by atoms with Crippen LogP contribution in [-0.2, 0) is 6.42 Å². The Morgan fingerprint density at radius 1 is 1.28 bits per heavy atom. The van der Waals surface area contributed by atoms with Gasteiger partial charge in [-0.3, -0.25) is 0 Å². The number of nitrogens with one attached hydrogen (secondary N) is 1. The summed E-state index contributed by atoms with van der Waals surface area (Å²) < 4.78 is 0. The SMILES string of the molecule is CNC(C)CCCc1nc(-c2ccccc2)cs1. The van der Waals surface area contributed by atoms with Crippen molar-refractivity contribution in [2.45, 2.75) is 32.2 Å². The highest BCUT2D eigenvalue weighted by molar-refractivity contribution is 7.09. The Morgan fingerprint density at radius 2 is 2.06 bits per heavy atom. The maximum Gasteiger partial charge on any atom is 0.0932 e. The van der Waals surface area contributed by atoms with Gasteiger partial charge in [0, 0.05) is 17.0 Å². The number of hydrogen-bond acceptors (Lipinski definition) is 3. The van der Waals surface area contributed by atoms with E-state index >= 15 is 0 Å². The summed E-state index contributed by atoms with van der Waals surface area (Å²) in [5, 5.41) is 6.67. The van der Waals surface area contributed by atoms with Gasteiger partial charge >= 0.3 is 0 Å². The van der Waals surface area contributed by atoms with Crippen LogP contribution in [0, 0.1) is 0 Å². The molecule has 1 atom stereocenters. The van der Waals surface area contributed by atoms with Crippen molar-refractivity contribution in [1.29, 1.82) is 0 Å². The van der Waals surface area contributed by atoms with Crippen molar-refractivity contribution in [1.82, 2.24) is 10.3 Å². The average Bonchev–Trinajstić information content (AvgIpc) is 2.88. The van der Waals surface area contributed by atoms with Gasteiger partial charge in [0.2, 0.25) is 0 Å². The Labute approximate surface area is 113 Å². The first-order valence-electron chi connectivity index (χ1n) is 6.46. The molecule has 1 aromatic carbocycles. The molecule has 0 bridgehead atoms. The third-order valence-electron chi connectivity index (χ3n) is 3.14. The predicted octanol–water partition coefficient (Wildman–Crippen LogP) is 3.74. The zero-order chi connectivity index (χ0) is 12.8. The van der Waals surface area contributed by atoms with Gasteiger partial charge in [0.05, 0.1) is 10.7 Å². The molecule has 0 fully saturated rings. The first-order chi connectivity index (χ1) is 8.79. The molecule has 0 spiro atoms. The Hall–Kier alpha value is -1.19. The van der Waals surface area contributed by atoms with E-state index in [1.54, 1.807) is 11.3 Å². The lowest BCUT2D eigenvalue weighted by atomic mass is 10.1.